The van der Waals surface area contributed by atoms with Crippen molar-refractivity contribution in [2.45, 2.75) is 13.8 Å². The van der Waals surface area contributed by atoms with E-state index in [1.54, 1.807) is 26.1 Å². The van der Waals surface area contributed by atoms with E-state index in [9.17, 15) is 18.4 Å². The summed E-state index contributed by atoms with van der Waals surface area (Å²) >= 11 is 0. The molecular weight excluding hydrogens is 358 g/mol. The summed E-state index contributed by atoms with van der Waals surface area (Å²) in [4.78, 5) is 34.0. The van der Waals surface area contributed by atoms with Crippen LogP contribution in [-0.4, -0.2) is 49.4 Å². The number of halogens is 2. The second-order valence-corrected chi connectivity index (χ2v) is 5.70. The van der Waals surface area contributed by atoms with Crippen LogP contribution < -0.4 is 5.32 Å². The van der Waals surface area contributed by atoms with Gasteiger partial charge in [0.05, 0.1) is 0 Å². The molecule has 2 aromatic heterocycles. The number of carbonyl (C=O) groups is 2. The van der Waals surface area contributed by atoms with E-state index in [-0.39, 0.29) is 18.1 Å². The first-order valence-electron chi connectivity index (χ1n) is 8.12. The molecule has 1 aromatic carbocycles. The van der Waals surface area contributed by atoms with Crippen LogP contribution in [0.4, 0.5) is 14.5 Å². The molecule has 140 valence electrons. The van der Waals surface area contributed by atoms with Crippen molar-refractivity contribution in [3.8, 4) is 0 Å². The number of anilines is 1. The van der Waals surface area contributed by atoms with Gasteiger partial charge >= 0.3 is 0 Å². The number of nitrogens with one attached hydrogen (secondary N) is 1. The maximum absolute atomic E-state index is 13.6. The molecule has 0 radical (unpaired) electrons. The Hall–Kier alpha value is -3.43. The van der Waals surface area contributed by atoms with Crippen molar-refractivity contribution in [3.05, 3.63) is 53.6 Å². The summed E-state index contributed by atoms with van der Waals surface area (Å²) < 4.78 is 28.7. The Kier molecular flexibility index (Phi) is 5.06. The van der Waals surface area contributed by atoms with Gasteiger partial charge in [0.25, 0.3) is 11.7 Å². The van der Waals surface area contributed by atoms with E-state index in [1.807, 2.05) is 0 Å². The summed E-state index contributed by atoms with van der Waals surface area (Å²) in [5.74, 6) is -3.00. The summed E-state index contributed by atoms with van der Waals surface area (Å²) in [6.07, 6.45) is 1.54. The summed E-state index contributed by atoms with van der Waals surface area (Å²) in [5, 5.41) is 6.24. The van der Waals surface area contributed by atoms with Crippen LogP contribution in [0.2, 0.25) is 0 Å². The quantitative estimate of drug-likeness (QED) is 0.735. The number of likely N-dealkylation sites (N-methyl/N-ethyl adjacent to an activating group) is 1. The number of aryl methyl sites for hydroxylation is 1. The smallest absolute Gasteiger partial charge is 0.294 e. The maximum Gasteiger partial charge on any atom is 0.294 e. The molecule has 0 aliphatic carbocycles. The van der Waals surface area contributed by atoms with Crippen molar-refractivity contribution in [1.82, 2.24) is 24.5 Å². The highest BCUT2D eigenvalue weighted by molar-refractivity contribution is 5.97. The van der Waals surface area contributed by atoms with Crippen LogP contribution in [0.25, 0.3) is 5.78 Å². The van der Waals surface area contributed by atoms with E-state index in [4.69, 9.17) is 0 Å². The molecule has 2 heterocycles. The number of hydrogen-bond donors (Lipinski definition) is 1. The number of carbonyl (C=O) groups excluding carboxylic acids is 2. The number of amides is 2. The lowest BCUT2D eigenvalue weighted by atomic mass is 10.3. The molecule has 8 nitrogen and oxygen atoms in total. The molecule has 0 atom stereocenters. The Morgan fingerprint density at radius 2 is 1.93 bits per heavy atom. The zero-order valence-electron chi connectivity index (χ0n) is 14.6. The lowest BCUT2D eigenvalue weighted by Gasteiger charge is -2.18. The molecule has 1 N–H and O–H groups in total. The number of rotatable bonds is 5. The second kappa shape index (κ2) is 7.44. The van der Waals surface area contributed by atoms with Gasteiger partial charge in [0.1, 0.15) is 23.9 Å². The molecule has 27 heavy (non-hydrogen) atoms. The van der Waals surface area contributed by atoms with E-state index in [1.165, 1.54) is 10.6 Å². The van der Waals surface area contributed by atoms with Gasteiger partial charge in [0.2, 0.25) is 11.7 Å². The van der Waals surface area contributed by atoms with Crippen molar-refractivity contribution in [2.24, 2.45) is 0 Å². The molecule has 3 aromatic rings. The van der Waals surface area contributed by atoms with E-state index in [0.717, 1.165) is 22.7 Å². The summed E-state index contributed by atoms with van der Waals surface area (Å²) in [7, 11) is 0. The van der Waals surface area contributed by atoms with Crippen LogP contribution >= 0.6 is 0 Å². The highest BCUT2D eigenvalue weighted by atomic mass is 19.1. The predicted molar refractivity (Wildman–Crippen MR) is 92.1 cm³/mol. The molecule has 0 spiro atoms. The maximum atomic E-state index is 13.6. The third kappa shape index (κ3) is 3.73. The molecule has 0 bridgehead atoms. The minimum absolute atomic E-state index is 0.122. The number of para-hydroxylation sites is 1. The fraction of sp³-hybridized carbons (Fsp3) is 0.235. The number of aromatic nitrogens is 4. The number of benzene rings is 1. The van der Waals surface area contributed by atoms with Gasteiger partial charge in [-0.3, -0.25) is 9.59 Å². The van der Waals surface area contributed by atoms with Crippen LogP contribution in [0, 0.1) is 18.6 Å². The van der Waals surface area contributed by atoms with E-state index in [0.29, 0.717) is 0 Å². The van der Waals surface area contributed by atoms with Crippen molar-refractivity contribution in [2.75, 3.05) is 18.4 Å². The molecule has 0 aliphatic rings. The van der Waals surface area contributed by atoms with Gasteiger partial charge in [-0.05, 0) is 32.0 Å². The van der Waals surface area contributed by atoms with Gasteiger partial charge in [0, 0.05) is 18.4 Å². The Morgan fingerprint density at radius 1 is 1.22 bits per heavy atom. The first kappa shape index (κ1) is 18.4. The molecule has 0 aliphatic heterocycles. The topological polar surface area (TPSA) is 92.5 Å². The molecule has 10 heteroatoms. The monoisotopic (exact) mass is 374 g/mol. The van der Waals surface area contributed by atoms with Crippen molar-refractivity contribution < 1.29 is 18.4 Å². The molecule has 0 saturated carbocycles. The standard InChI is InChI=1S/C17H16F2N6O2/c1-3-24(9-13(26)21-14-11(18)5-4-6-12(14)19)16(27)15-22-17-20-8-7-10(2)25(17)23-15/h4-8H,3,9H2,1-2H3,(H,21,26). The molecule has 2 amide bonds. The third-order valence-electron chi connectivity index (χ3n) is 3.85. The molecule has 0 fully saturated rings. The Labute approximate surface area is 152 Å². The lowest BCUT2D eigenvalue weighted by molar-refractivity contribution is -0.116. The summed E-state index contributed by atoms with van der Waals surface area (Å²) in [6.45, 7) is 3.21. The number of nitrogens with zero attached hydrogens (tertiary/aromatic N) is 5. The van der Waals surface area contributed by atoms with E-state index >= 15 is 0 Å². The van der Waals surface area contributed by atoms with E-state index < -0.39 is 35.7 Å². The van der Waals surface area contributed by atoms with Gasteiger partial charge in [-0.2, -0.15) is 4.98 Å². The summed E-state index contributed by atoms with van der Waals surface area (Å²) in [5.41, 5.74) is 0.180. The van der Waals surface area contributed by atoms with Crippen LogP contribution in [-0.2, 0) is 4.79 Å². The zero-order chi connectivity index (χ0) is 19.6. The largest absolute Gasteiger partial charge is 0.327 e. The molecule has 0 saturated heterocycles. The highest BCUT2D eigenvalue weighted by Gasteiger charge is 2.23. The van der Waals surface area contributed by atoms with Gasteiger partial charge in [-0.15, -0.1) is 5.10 Å². The van der Waals surface area contributed by atoms with Gasteiger partial charge in [-0.25, -0.2) is 18.3 Å². The fourth-order valence-corrected chi connectivity index (χ4v) is 2.44. The highest BCUT2D eigenvalue weighted by Crippen LogP contribution is 2.18. The van der Waals surface area contributed by atoms with Crippen LogP contribution in [0.1, 0.15) is 23.2 Å². The van der Waals surface area contributed by atoms with Crippen molar-refractivity contribution in [3.63, 3.8) is 0 Å². The van der Waals surface area contributed by atoms with E-state index in [2.05, 4.69) is 20.4 Å². The predicted octanol–water partition coefficient (Wildman–Crippen LogP) is 1.81. The molecular formula is C17H16F2N6O2. The van der Waals surface area contributed by atoms with Crippen LogP contribution in [0.3, 0.4) is 0 Å². The molecule has 0 unspecified atom stereocenters. The minimum Gasteiger partial charge on any atom is -0.327 e. The SMILES string of the molecule is CCN(CC(=O)Nc1c(F)cccc1F)C(=O)c1nc2nccc(C)n2n1. The Morgan fingerprint density at radius 3 is 2.56 bits per heavy atom. The third-order valence-corrected chi connectivity index (χ3v) is 3.85. The van der Waals surface area contributed by atoms with Gasteiger partial charge in [-0.1, -0.05) is 6.07 Å². The summed E-state index contributed by atoms with van der Waals surface area (Å²) in [6, 6.07) is 4.95. The Bertz CT molecular complexity index is 1000. The van der Waals surface area contributed by atoms with Crippen LogP contribution in [0.5, 0.6) is 0 Å². The van der Waals surface area contributed by atoms with Crippen molar-refractivity contribution >= 4 is 23.3 Å². The van der Waals surface area contributed by atoms with Gasteiger partial charge in [0.15, 0.2) is 0 Å². The fourth-order valence-electron chi connectivity index (χ4n) is 2.44. The first-order chi connectivity index (χ1) is 12.9. The zero-order valence-corrected chi connectivity index (χ0v) is 14.6. The first-order valence-corrected chi connectivity index (χ1v) is 8.12. The van der Waals surface area contributed by atoms with Gasteiger partial charge < -0.3 is 10.2 Å². The normalized spacial score (nSPS) is 10.8. The average Bonchev–Trinajstić information content (AvgIpc) is 3.08. The average molecular weight is 374 g/mol. The number of fused-ring (bicyclic) bond motifs is 1. The van der Waals surface area contributed by atoms with Crippen LogP contribution in [0.15, 0.2) is 30.5 Å². The lowest BCUT2D eigenvalue weighted by Crippen LogP contribution is -2.38. The minimum atomic E-state index is -0.902. The molecule has 3 rings (SSSR count). The van der Waals surface area contributed by atoms with Crippen molar-refractivity contribution in [1.29, 1.82) is 0 Å². The Balaban J connectivity index is 1.76. The number of hydrogen-bond acceptors (Lipinski definition) is 5. The second-order valence-electron chi connectivity index (χ2n) is 5.70.